The fraction of sp³-hybridized carbons (Fsp3) is 0.804. The van der Waals surface area contributed by atoms with E-state index < -0.39 is 75.7 Å². The molecule has 1 aliphatic rings. The van der Waals surface area contributed by atoms with Crippen LogP contribution in [0.15, 0.2) is 48.6 Å². The monoisotopic (exact) mass is 943 g/mol. The van der Waals surface area contributed by atoms with Gasteiger partial charge in [-0.15, -0.1) is 0 Å². The minimum Gasteiger partial charge on any atom is -0.462 e. The summed E-state index contributed by atoms with van der Waals surface area (Å²) in [4.78, 5) is 35.7. The summed E-state index contributed by atoms with van der Waals surface area (Å²) in [5.74, 6) is -1.19. The Morgan fingerprint density at radius 2 is 0.862 bits per heavy atom. The van der Waals surface area contributed by atoms with Crippen molar-refractivity contribution in [2.24, 2.45) is 0 Å². The van der Waals surface area contributed by atoms with Crippen molar-refractivity contribution >= 4 is 19.8 Å². The second-order valence-electron chi connectivity index (χ2n) is 17.7. The van der Waals surface area contributed by atoms with Gasteiger partial charge < -0.3 is 39.9 Å². The number of phosphoric acid groups is 1. The molecule has 0 spiro atoms. The first-order valence-electron chi connectivity index (χ1n) is 25.4. The second-order valence-corrected chi connectivity index (χ2v) is 19.1. The van der Waals surface area contributed by atoms with E-state index in [2.05, 4.69) is 50.3 Å². The summed E-state index contributed by atoms with van der Waals surface area (Å²) < 4.78 is 33.5. The molecule has 0 amide bonds. The Bertz CT molecular complexity index is 1320. The summed E-state index contributed by atoms with van der Waals surface area (Å²) in [5.41, 5.74) is 0. The van der Waals surface area contributed by atoms with Gasteiger partial charge in [0.1, 0.15) is 43.2 Å². The summed E-state index contributed by atoms with van der Waals surface area (Å²) in [6.45, 7) is 3.24. The van der Waals surface area contributed by atoms with Gasteiger partial charge >= 0.3 is 19.8 Å². The lowest BCUT2D eigenvalue weighted by Crippen LogP contribution is -2.64. The summed E-state index contributed by atoms with van der Waals surface area (Å²) in [7, 11) is -5.14. The molecule has 0 aliphatic heterocycles. The number of aliphatic hydroxyl groups excluding tert-OH is 5. The molecular formula is C51H91O13P. The molecule has 14 heteroatoms. The Morgan fingerprint density at radius 1 is 0.477 bits per heavy atom. The van der Waals surface area contributed by atoms with Gasteiger partial charge in [0.25, 0.3) is 0 Å². The van der Waals surface area contributed by atoms with Crippen LogP contribution in [0.2, 0.25) is 0 Å². The normalized spacial score (nSPS) is 21.8. The summed E-state index contributed by atoms with van der Waals surface area (Å²) in [6.07, 6.45) is 36.2. The third kappa shape index (κ3) is 33.0. The molecule has 65 heavy (non-hydrogen) atoms. The fourth-order valence-corrected chi connectivity index (χ4v) is 8.52. The lowest BCUT2D eigenvalue weighted by Gasteiger charge is -2.41. The molecule has 1 saturated carbocycles. The maximum atomic E-state index is 12.8. The highest BCUT2D eigenvalue weighted by Crippen LogP contribution is 2.47. The number of carbonyl (C=O) groups is 2. The van der Waals surface area contributed by atoms with Crippen LogP contribution < -0.4 is 0 Å². The van der Waals surface area contributed by atoms with E-state index in [1.54, 1.807) is 0 Å². The second kappa shape index (κ2) is 40.8. The first-order valence-corrected chi connectivity index (χ1v) is 26.9. The average Bonchev–Trinajstić information content (AvgIpc) is 3.29. The third-order valence-electron chi connectivity index (χ3n) is 11.7. The topological polar surface area (TPSA) is 210 Å². The van der Waals surface area contributed by atoms with Gasteiger partial charge in [-0.1, -0.05) is 178 Å². The van der Waals surface area contributed by atoms with Crippen molar-refractivity contribution in [1.29, 1.82) is 0 Å². The van der Waals surface area contributed by atoms with Crippen molar-refractivity contribution in [3.63, 3.8) is 0 Å². The lowest BCUT2D eigenvalue weighted by atomic mass is 9.85. The summed E-state index contributed by atoms with van der Waals surface area (Å²) in [5, 5.41) is 50.2. The average molecular weight is 943 g/mol. The van der Waals surface area contributed by atoms with Crippen molar-refractivity contribution in [3.8, 4) is 0 Å². The number of phosphoric ester groups is 1. The van der Waals surface area contributed by atoms with Crippen molar-refractivity contribution in [2.75, 3.05) is 13.2 Å². The van der Waals surface area contributed by atoms with Gasteiger partial charge in [-0.05, 0) is 64.2 Å². The highest BCUT2D eigenvalue weighted by molar-refractivity contribution is 7.47. The highest BCUT2D eigenvalue weighted by Gasteiger charge is 2.51. The molecule has 6 N–H and O–H groups in total. The highest BCUT2D eigenvalue weighted by atomic mass is 31.2. The van der Waals surface area contributed by atoms with Crippen LogP contribution in [0.3, 0.4) is 0 Å². The van der Waals surface area contributed by atoms with Gasteiger partial charge in [-0.25, -0.2) is 4.57 Å². The Kier molecular flexibility index (Phi) is 38.2. The van der Waals surface area contributed by atoms with E-state index in [1.807, 2.05) is 12.2 Å². The number of unbranched alkanes of at least 4 members (excludes halogenated alkanes) is 22. The summed E-state index contributed by atoms with van der Waals surface area (Å²) in [6, 6.07) is 0. The largest absolute Gasteiger partial charge is 0.472 e. The molecule has 1 aliphatic carbocycles. The molecule has 378 valence electrons. The van der Waals surface area contributed by atoms with Crippen molar-refractivity contribution in [1.82, 2.24) is 0 Å². The van der Waals surface area contributed by atoms with Crippen LogP contribution >= 0.6 is 7.82 Å². The number of esters is 2. The zero-order valence-electron chi connectivity index (χ0n) is 40.3. The molecule has 0 saturated heterocycles. The molecule has 1 fully saturated rings. The van der Waals surface area contributed by atoms with E-state index >= 15 is 0 Å². The molecule has 13 nitrogen and oxygen atoms in total. The third-order valence-corrected chi connectivity index (χ3v) is 12.6. The number of hydrogen-bond acceptors (Lipinski definition) is 12. The number of allylic oxidation sites excluding steroid dienone is 8. The number of ether oxygens (including phenoxy) is 2. The first kappa shape index (κ1) is 60.8. The smallest absolute Gasteiger partial charge is 0.462 e. The lowest BCUT2D eigenvalue weighted by molar-refractivity contribution is -0.220. The number of hydrogen-bond donors (Lipinski definition) is 6. The SMILES string of the molecule is CCCCCCCC/C=C/C/C=C/CCC(=O)OC(COC(=O)CCCCCCCCC/C=C/C/C=C/CCCCCCCCCCC)COP(=O)(O)OC1C(O)C(O)C(O)[C@H](O)C1O. The standard InChI is InChI=1S/C51H91O13P/c1-3-5-7-9-11-13-15-17-18-19-20-21-22-23-24-25-26-28-29-31-33-35-37-39-44(52)61-41-43(42-62-65(59,60)64-51-49(57)47(55)46(54)48(56)50(51)58)63-45(53)40-38-36-34-32-30-27-16-14-12-10-8-6-4-2/h20-21,23-24,27,30,34,36,43,46-51,54-58H,3-19,22,25-26,28-29,31-33,35,37-42H2,1-2H3,(H,59,60)/b21-20+,24-23+,30-27+,36-34+/t43?,46?,47-,48?,49?,50?,51?/m0/s1. The molecule has 7 unspecified atom stereocenters. The molecule has 0 aromatic rings. The van der Waals surface area contributed by atoms with Crippen LogP contribution in [0.1, 0.15) is 206 Å². The van der Waals surface area contributed by atoms with Gasteiger partial charge in [0.15, 0.2) is 6.10 Å². The number of carbonyl (C=O) groups excluding carboxylic acids is 2. The molecule has 8 atom stereocenters. The maximum absolute atomic E-state index is 12.8. The summed E-state index contributed by atoms with van der Waals surface area (Å²) >= 11 is 0. The fourth-order valence-electron chi connectivity index (χ4n) is 7.55. The van der Waals surface area contributed by atoms with Crippen LogP contribution in [0, 0.1) is 0 Å². The van der Waals surface area contributed by atoms with Gasteiger partial charge in [0.05, 0.1) is 6.61 Å². The number of aliphatic hydroxyl groups is 5. The van der Waals surface area contributed by atoms with Crippen molar-refractivity contribution < 1.29 is 63.1 Å². The van der Waals surface area contributed by atoms with Crippen LogP contribution in [0.5, 0.6) is 0 Å². The minimum absolute atomic E-state index is 0.0118. The minimum atomic E-state index is -5.14. The van der Waals surface area contributed by atoms with Crippen LogP contribution in [-0.2, 0) is 32.7 Å². The number of rotatable bonds is 42. The molecule has 0 aromatic carbocycles. The van der Waals surface area contributed by atoms with E-state index in [4.69, 9.17) is 18.5 Å². The van der Waals surface area contributed by atoms with E-state index in [-0.39, 0.29) is 12.8 Å². The van der Waals surface area contributed by atoms with Gasteiger partial charge in [-0.2, -0.15) is 0 Å². The Balaban J connectivity index is 2.40. The molecule has 1 rings (SSSR count). The quantitative estimate of drug-likeness (QED) is 0.0146. The van der Waals surface area contributed by atoms with E-state index in [0.717, 1.165) is 64.2 Å². The van der Waals surface area contributed by atoms with E-state index in [9.17, 15) is 44.6 Å². The Labute approximate surface area is 392 Å². The van der Waals surface area contributed by atoms with E-state index in [1.165, 1.54) is 103 Å². The zero-order valence-corrected chi connectivity index (χ0v) is 41.2. The predicted octanol–water partition coefficient (Wildman–Crippen LogP) is 10.7. The van der Waals surface area contributed by atoms with Crippen molar-refractivity contribution in [2.45, 2.75) is 249 Å². The van der Waals surface area contributed by atoms with Crippen LogP contribution in [0.25, 0.3) is 0 Å². The molecule has 0 aromatic heterocycles. The van der Waals surface area contributed by atoms with Crippen LogP contribution in [0.4, 0.5) is 0 Å². The first-order chi connectivity index (χ1) is 31.4. The van der Waals surface area contributed by atoms with E-state index in [0.29, 0.717) is 12.8 Å². The van der Waals surface area contributed by atoms with Gasteiger partial charge in [0, 0.05) is 12.8 Å². The molecule has 0 bridgehead atoms. The molecule has 0 heterocycles. The van der Waals surface area contributed by atoms with Gasteiger partial charge in [-0.3, -0.25) is 18.6 Å². The zero-order chi connectivity index (χ0) is 47.8. The Morgan fingerprint density at radius 3 is 1.31 bits per heavy atom. The predicted molar refractivity (Wildman–Crippen MR) is 258 cm³/mol. The molecular weight excluding hydrogens is 852 g/mol. The van der Waals surface area contributed by atoms with Crippen molar-refractivity contribution in [3.05, 3.63) is 48.6 Å². The maximum Gasteiger partial charge on any atom is 0.472 e. The molecule has 0 radical (unpaired) electrons. The van der Waals surface area contributed by atoms with Gasteiger partial charge in [0.2, 0.25) is 0 Å². The Hall–Kier alpha value is -2.19. The van der Waals surface area contributed by atoms with Crippen LogP contribution in [-0.4, -0.2) is 98.3 Å².